The third-order valence-corrected chi connectivity index (χ3v) is 3.70. The van der Waals surface area contributed by atoms with E-state index in [0.717, 1.165) is 36.7 Å². The van der Waals surface area contributed by atoms with Gasteiger partial charge in [0.15, 0.2) is 11.6 Å². The van der Waals surface area contributed by atoms with E-state index < -0.39 is 23.1 Å². The molecule has 0 saturated carbocycles. The van der Waals surface area contributed by atoms with E-state index in [1.54, 1.807) is 0 Å². The van der Waals surface area contributed by atoms with Gasteiger partial charge in [-0.2, -0.15) is 0 Å². The van der Waals surface area contributed by atoms with Gasteiger partial charge in [-0.05, 0) is 35.4 Å². The average molecular weight is 441 g/mol. The number of rotatable bonds is 4. The predicted octanol–water partition coefficient (Wildman–Crippen LogP) is 3.02. The number of halogens is 2. The number of hydrogen-bond donors (Lipinski definition) is 2. The van der Waals surface area contributed by atoms with Crippen molar-refractivity contribution in [2.24, 2.45) is 9.98 Å². The van der Waals surface area contributed by atoms with Crippen LogP contribution in [0, 0.1) is 11.6 Å². The Hall–Kier alpha value is -3.45. The van der Waals surface area contributed by atoms with Gasteiger partial charge in [-0.1, -0.05) is 23.6 Å². The topological polar surface area (TPSA) is 111 Å². The second kappa shape index (κ2) is 9.16. The Morgan fingerprint density at radius 1 is 0.690 bits per heavy atom. The predicted molar refractivity (Wildman–Crippen MR) is 96.0 cm³/mol. The monoisotopic (exact) mass is 440 g/mol. The Morgan fingerprint density at radius 3 is 1.41 bits per heavy atom. The van der Waals surface area contributed by atoms with E-state index in [1.807, 2.05) is 0 Å². The van der Waals surface area contributed by atoms with Gasteiger partial charge in [0.25, 0.3) is 0 Å². The van der Waals surface area contributed by atoms with Gasteiger partial charge in [0.2, 0.25) is 0 Å². The summed E-state index contributed by atoms with van der Waals surface area (Å²) in [6.07, 6.45) is 2.26. The van der Waals surface area contributed by atoms with Crippen LogP contribution < -0.4 is 10.2 Å². The molecule has 0 atom stereocenters. The summed E-state index contributed by atoms with van der Waals surface area (Å²) in [5.74, 6) is -3.74. The van der Waals surface area contributed by atoms with Gasteiger partial charge in [-0.3, -0.25) is 9.98 Å². The van der Waals surface area contributed by atoms with Crippen LogP contribution >= 0.6 is 0 Å². The minimum atomic E-state index is -1.16. The first-order valence-corrected chi connectivity index (χ1v) is 7.91. The maximum atomic E-state index is 13.6. The van der Waals surface area contributed by atoms with Gasteiger partial charge in [-0.25, -0.2) is 8.78 Å². The van der Waals surface area contributed by atoms with Crippen LogP contribution in [0.5, 0.6) is 23.0 Å². The Bertz CT molecular complexity index is 1020. The van der Waals surface area contributed by atoms with Gasteiger partial charge in [0.05, 0.1) is 11.4 Å². The molecule has 2 N–H and O–H groups in total. The molecular weight excluding hydrogens is 429 g/mol. The van der Waals surface area contributed by atoms with Crippen molar-refractivity contribution in [2.45, 2.75) is 0 Å². The summed E-state index contributed by atoms with van der Waals surface area (Å²) >= 11 is 0. The first-order valence-electron chi connectivity index (χ1n) is 7.91. The molecular formula is C20H12F2N2NiO4. The van der Waals surface area contributed by atoms with Crippen LogP contribution in [0.15, 0.2) is 58.5 Å². The summed E-state index contributed by atoms with van der Waals surface area (Å²) in [6.45, 7) is 0. The molecule has 3 rings (SSSR count). The molecule has 0 fully saturated rings. The molecule has 0 heterocycles. The summed E-state index contributed by atoms with van der Waals surface area (Å²) in [4.78, 5) is 7.95. The zero-order valence-corrected chi connectivity index (χ0v) is 15.4. The van der Waals surface area contributed by atoms with Crippen LogP contribution in [0.3, 0.4) is 0 Å². The molecule has 3 aromatic carbocycles. The number of aliphatic imine (C=N–C) groups is 2. The molecule has 9 heteroatoms. The van der Waals surface area contributed by atoms with E-state index in [2.05, 4.69) is 9.98 Å². The smallest absolute Gasteiger partial charge is 0.872 e. The molecule has 0 unspecified atom stereocenters. The van der Waals surface area contributed by atoms with Crippen molar-refractivity contribution in [3.8, 4) is 23.0 Å². The fraction of sp³-hybridized carbons (Fsp3) is 0. The zero-order chi connectivity index (χ0) is 20.3. The fourth-order valence-electron chi connectivity index (χ4n) is 2.27. The summed E-state index contributed by atoms with van der Waals surface area (Å²) in [7, 11) is 0. The summed E-state index contributed by atoms with van der Waals surface area (Å²) in [5, 5.41) is 42.1. The number of benzene rings is 3. The minimum absolute atomic E-state index is 0. The van der Waals surface area contributed by atoms with Crippen molar-refractivity contribution in [2.75, 3.05) is 0 Å². The van der Waals surface area contributed by atoms with E-state index in [-0.39, 0.29) is 50.5 Å². The molecule has 6 nitrogen and oxygen atoms in total. The molecule has 150 valence electrons. The second-order valence-corrected chi connectivity index (χ2v) is 5.72. The van der Waals surface area contributed by atoms with Gasteiger partial charge in [0.1, 0.15) is 11.5 Å². The Morgan fingerprint density at radius 2 is 1.07 bits per heavy atom. The van der Waals surface area contributed by atoms with E-state index in [4.69, 9.17) is 0 Å². The third-order valence-electron chi connectivity index (χ3n) is 3.70. The first-order chi connectivity index (χ1) is 13.3. The summed E-state index contributed by atoms with van der Waals surface area (Å²) in [5.41, 5.74) is 0.0957. The summed E-state index contributed by atoms with van der Waals surface area (Å²) in [6, 6.07) is 8.81. The Balaban J connectivity index is 0.00000300. The quantitative estimate of drug-likeness (QED) is 0.479. The molecule has 0 radical (unpaired) electrons. The number of phenolic OH excluding ortho intramolecular Hbond substituents is 2. The van der Waals surface area contributed by atoms with Gasteiger partial charge in [0, 0.05) is 24.6 Å². The molecule has 0 bridgehead atoms. The van der Waals surface area contributed by atoms with Crippen molar-refractivity contribution in [1.29, 1.82) is 0 Å². The summed E-state index contributed by atoms with van der Waals surface area (Å²) < 4.78 is 27.2. The standard InChI is InChI=1S/C20H14F2N2O4.Ni/c21-15-7-17(23-9-11-1-3-13(25)5-19(11)27)18(8-16(15)22)24-10-12-2-4-14(26)6-20(12)28;/h1-10,25-28H;/q;+2/p-2. The first kappa shape index (κ1) is 21.8. The molecule has 0 aliphatic carbocycles. The van der Waals surface area contributed by atoms with Gasteiger partial charge >= 0.3 is 16.5 Å². The second-order valence-electron chi connectivity index (χ2n) is 5.72. The third kappa shape index (κ3) is 5.30. The van der Waals surface area contributed by atoms with Crippen LogP contribution in [0.1, 0.15) is 11.1 Å². The molecule has 0 aromatic heterocycles. The molecule has 29 heavy (non-hydrogen) atoms. The molecule has 0 saturated heterocycles. The average Bonchev–Trinajstić information content (AvgIpc) is 2.63. The van der Waals surface area contributed by atoms with Crippen LogP contribution in [0.4, 0.5) is 20.2 Å². The van der Waals surface area contributed by atoms with E-state index in [1.165, 1.54) is 24.3 Å². The zero-order valence-electron chi connectivity index (χ0n) is 14.5. The van der Waals surface area contributed by atoms with Gasteiger partial charge in [-0.15, -0.1) is 0 Å². The molecule has 0 amide bonds. The fourth-order valence-corrected chi connectivity index (χ4v) is 2.27. The SMILES string of the molecule is [Ni+2].[O-]c1cc(O)ccc1C=Nc1cc(F)c(F)cc1N=Cc1ccc(O)cc1[O-]. The molecule has 0 aliphatic heterocycles. The minimum Gasteiger partial charge on any atom is -0.872 e. The Labute approximate surface area is 174 Å². The molecule has 0 aliphatic rings. The van der Waals surface area contributed by atoms with E-state index in [0.29, 0.717) is 0 Å². The van der Waals surface area contributed by atoms with Crippen molar-refractivity contribution in [1.82, 2.24) is 0 Å². The van der Waals surface area contributed by atoms with E-state index in [9.17, 15) is 29.2 Å². The molecule has 0 spiro atoms. The van der Waals surface area contributed by atoms with Crippen molar-refractivity contribution in [3.63, 3.8) is 0 Å². The largest absolute Gasteiger partial charge is 2.00 e. The van der Waals surface area contributed by atoms with Gasteiger partial charge < -0.3 is 20.4 Å². The van der Waals surface area contributed by atoms with Crippen LogP contribution in [-0.4, -0.2) is 22.6 Å². The normalized spacial score (nSPS) is 11.1. The maximum absolute atomic E-state index is 13.6. The van der Waals surface area contributed by atoms with E-state index >= 15 is 0 Å². The molecule has 3 aromatic rings. The van der Waals surface area contributed by atoms with Crippen molar-refractivity contribution in [3.05, 3.63) is 71.3 Å². The number of phenols is 2. The van der Waals surface area contributed by atoms with Crippen molar-refractivity contribution < 1.29 is 45.7 Å². The van der Waals surface area contributed by atoms with Crippen molar-refractivity contribution >= 4 is 23.8 Å². The number of hydrogen-bond acceptors (Lipinski definition) is 6. The van der Waals surface area contributed by atoms with Crippen LogP contribution in [-0.2, 0) is 16.5 Å². The van der Waals surface area contributed by atoms with Crippen LogP contribution in [0.25, 0.3) is 0 Å². The Kier molecular flexibility index (Phi) is 6.90. The maximum Gasteiger partial charge on any atom is 2.00 e. The number of nitrogens with zero attached hydrogens (tertiary/aromatic N) is 2. The van der Waals surface area contributed by atoms with Crippen LogP contribution in [0.2, 0.25) is 0 Å². The number of aromatic hydroxyl groups is 2.